The third-order valence-corrected chi connectivity index (χ3v) is 3.62. The van der Waals surface area contributed by atoms with Crippen LogP contribution in [-0.2, 0) is 6.54 Å². The molecule has 102 valence electrons. The van der Waals surface area contributed by atoms with E-state index in [1.54, 1.807) is 0 Å². The van der Waals surface area contributed by atoms with Crippen molar-refractivity contribution in [2.24, 2.45) is 0 Å². The highest BCUT2D eigenvalue weighted by Gasteiger charge is 2.17. The number of nitrogens with zero attached hydrogens (tertiary/aromatic N) is 2. The van der Waals surface area contributed by atoms with Gasteiger partial charge in [0.2, 0.25) is 0 Å². The second-order valence-corrected chi connectivity index (χ2v) is 5.04. The molecule has 2 aromatic rings. The van der Waals surface area contributed by atoms with E-state index >= 15 is 0 Å². The van der Waals surface area contributed by atoms with Crippen LogP contribution in [0, 0.1) is 13.8 Å². The Bertz CT molecular complexity index is 543. The Morgan fingerprint density at radius 2 is 2.05 bits per heavy atom. The Morgan fingerprint density at radius 1 is 1.26 bits per heavy atom. The summed E-state index contributed by atoms with van der Waals surface area (Å²) in [5, 5.41) is 3.38. The molecular weight excluding hydrogens is 234 g/mol. The lowest BCUT2D eigenvalue weighted by molar-refractivity contribution is 0.568. The molecule has 0 aliphatic carbocycles. The fourth-order valence-electron chi connectivity index (χ4n) is 2.40. The smallest absolute Gasteiger partial charge is 0.130 e. The van der Waals surface area contributed by atoms with Crippen molar-refractivity contribution >= 4 is 0 Å². The first kappa shape index (κ1) is 13.8. The van der Waals surface area contributed by atoms with E-state index in [9.17, 15) is 0 Å². The maximum Gasteiger partial charge on any atom is 0.130 e. The largest absolute Gasteiger partial charge is 0.333 e. The predicted molar refractivity (Wildman–Crippen MR) is 79.3 cm³/mol. The van der Waals surface area contributed by atoms with E-state index < -0.39 is 0 Å². The zero-order chi connectivity index (χ0) is 13.8. The van der Waals surface area contributed by atoms with E-state index in [0.717, 1.165) is 18.8 Å². The predicted octanol–water partition coefficient (Wildman–Crippen LogP) is 3.22. The minimum Gasteiger partial charge on any atom is -0.333 e. The molecule has 1 N–H and O–H groups in total. The Kier molecular flexibility index (Phi) is 4.38. The van der Waals surface area contributed by atoms with Crippen LogP contribution in [0.3, 0.4) is 0 Å². The molecule has 1 aromatic carbocycles. The number of hydrogen-bond donors (Lipinski definition) is 1. The van der Waals surface area contributed by atoms with Gasteiger partial charge in [0.1, 0.15) is 5.82 Å². The standard InChI is InChI=1S/C16H23N3/c1-5-9-19-10-8-18-16(19)15(17-4)14-7-6-12(2)13(3)11-14/h6-8,10-11,15,17H,5,9H2,1-4H3. The lowest BCUT2D eigenvalue weighted by atomic mass is 10.0. The minimum absolute atomic E-state index is 0.154. The molecule has 1 heterocycles. The Hall–Kier alpha value is -1.61. The maximum absolute atomic E-state index is 4.53. The average molecular weight is 257 g/mol. The van der Waals surface area contributed by atoms with Crippen LogP contribution in [0.2, 0.25) is 0 Å². The van der Waals surface area contributed by atoms with Gasteiger partial charge in [0.15, 0.2) is 0 Å². The van der Waals surface area contributed by atoms with Gasteiger partial charge < -0.3 is 9.88 Å². The van der Waals surface area contributed by atoms with Crippen LogP contribution in [0.1, 0.15) is 41.9 Å². The van der Waals surface area contributed by atoms with Crippen molar-refractivity contribution in [3.8, 4) is 0 Å². The molecule has 1 atom stereocenters. The van der Waals surface area contributed by atoms with Crippen LogP contribution in [0.25, 0.3) is 0 Å². The maximum atomic E-state index is 4.53. The molecule has 19 heavy (non-hydrogen) atoms. The van der Waals surface area contributed by atoms with Gasteiger partial charge in [-0.3, -0.25) is 0 Å². The summed E-state index contributed by atoms with van der Waals surface area (Å²) in [7, 11) is 1.99. The van der Waals surface area contributed by atoms with Crippen molar-refractivity contribution in [3.63, 3.8) is 0 Å². The number of imidazole rings is 1. The molecular formula is C16H23N3. The molecule has 0 radical (unpaired) electrons. The van der Waals surface area contributed by atoms with Crippen molar-refractivity contribution in [1.29, 1.82) is 0 Å². The first-order valence-electron chi connectivity index (χ1n) is 6.92. The fraction of sp³-hybridized carbons (Fsp3) is 0.438. The van der Waals surface area contributed by atoms with Crippen LogP contribution >= 0.6 is 0 Å². The van der Waals surface area contributed by atoms with Gasteiger partial charge in [0.25, 0.3) is 0 Å². The van der Waals surface area contributed by atoms with Gasteiger partial charge in [-0.2, -0.15) is 0 Å². The highest BCUT2D eigenvalue weighted by atomic mass is 15.1. The van der Waals surface area contributed by atoms with Crippen molar-refractivity contribution in [2.45, 2.75) is 39.8 Å². The molecule has 0 bridgehead atoms. The van der Waals surface area contributed by atoms with Gasteiger partial charge in [-0.25, -0.2) is 4.98 Å². The molecule has 3 heteroatoms. The second kappa shape index (κ2) is 6.02. The third kappa shape index (κ3) is 2.87. The molecule has 0 aliphatic heterocycles. The van der Waals surface area contributed by atoms with E-state index in [2.05, 4.69) is 60.0 Å². The molecule has 0 aliphatic rings. The lowest BCUT2D eigenvalue weighted by Crippen LogP contribution is -2.22. The normalized spacial score (nSPS) is 12.6. The van der Waals surface area contributed by atoms with Crippen molar-refractivity contribution < 1.29 is 0 Å². The summed E-state index contributed by atoms with van der Waals surface area (Å²) < 4.78 is 2.23. The highest BCUT2D eigenvalue weighted by molar-refractivity contribution is 5.34. The first-order chi connectivity index (χ1) is 9.17. The zero-order valence-corrected chi connectivity index (χ0v) is 12.3. The van der Waals surface area contributed by atoms with Crippen molar-refractivity contribution in [1.82, 2.24) is 14.9 Å². The quantitative estimate of drug-likeness (QED) is 0.891. The minimum atomic E-state index is 0.154. The SMILES string of the molecule is CCCn1ccnc1C(NC)c1ccc(C)c(C)c1. The van der Waals surface area contributed by atoms with Crippen LogP contribution in [0.15, 0.2) is 30.6 Å². The molecule has 0 spiro atoms. The third-order valence-electron chi connectivity index (χ3n) is 3.62. The van der Waals surface area contributed by atoms with Gasteiger partial charge in [0, 0.05) is 18.9 Å². The van der Waals surface area contributed by atoms with Crippen molar-refractivity contribution in [3.05, 3.63) is 53.1 Å². The van der Waals surface area contributed by atoms with Gasteiger partial charge >= 0.3 is 0 Å². The Labute approximate surface area is 115 Å². The number of aromatic nitrogens is 2. The average Bonchev–Trinajstić information content (AvgIpc) is 2.83. The van der Waals surface area contributed by atoms with E-state index in [-0.39, 0.29) is 6.04 Å². The monoisotopic (exact) mass is 257 g/mol. The van der Waals surface area contributed by atoms with Crippen LogP contribution in [-0.4, -0.2) is 16.6 Å². The molecule has 1 unspecified atom stereocenters. The summed E-state index contributed by atoms with van der Waals surface area (Å²) in [4.78, 5) is 4.53. The molecule has 0 fully saturated rings. The van der Waals surface area contributed by atoms with Gasteiger partial charge in [-0.15, -0.1) is 0 Å². The summed E-state index contributed by atoms with van der Waals surface area (Å²) >= 11 is 0. The lowest BCUT2D eigenvalue weighted by Gasteiger charge is -2.19. The molecule has 3 nitrogen and oxygen atoms in total. The van der Waals surface area contributed by atoms with E-state index in [0.29, 0.717) is 0 Å². The van der Waals surface area contributed by atoms with Crippen LogP contribution in [0.4, 0.5) is 0 Å². The fourth-order valence-corrected chi connectivity index (χ4v) is 2.40. The molecule has 0 saturated carbocycles. The highest BCUT2D eigenvalue weighted by Crippen LogP contribution is 2.22. The van der Waals surface area contributed by atoms with E-state index in [1.807, 2.05) is 13.2 Å². The Balaban J connectivity index is 2.38. The number of benzene rings is 1. The number of rotatable bonds is 5. The van der Waals surface area contributed by atoms with Crippen molar-refractivity contribution in [2.75, 3.05) is 7.05 Å². The Morgan fingerprint density at radius 3 is 2.68 bits per heavy atom. The first-order valence-corrected chi connectivity index (χ1v) is 6.92. The summed E-state index contributed by atoms with van der Waals surface area (Å²) in [6.07, 6.45) is 5.06. The van der Waals surface area contributed by atoms with Gasteiger partial charge in [-0.05, 0) is 44.0 Å². The van der Waals surface area contributed by atoms with Crippen LogP contribution in [0.5, 0.6) is 0 Å². The van der Waals surface area contributed by atoms with Gasteiger partial charge in [-0.1, -0.05) is 25.1 Å². The molecule has 2 rings (SSSR count). The summed E-state index contributed by atoms with van der Waals surface area (Å²) in [5.74, 6) is 1.09. The topological polar surface area (TPSA) is 29.9 Å². The zero-order valence-electron chi connectivity index (χ0n) is 12.3. The van der Waals surface area contributed by atoms with E-state index in [4.69, 9.17) is 0 Å². The number of aryl methyl sites for hydroxylation is 3. The molecule has 0 amide bonds. The summed E-state index contributed by atoms with van der Waals surface area (Å²) in [6, 6.07) is 6.78. The van der Waals surface area contributed by atoms with Gasteiger partial charge in [0.05, 0.1) is 6.04 Å². The molecule has 1 aromatic heterocycles. The number of nitrogens with one attached hydrogen (secondary N) is 1. The molecule has 0 saturated heterocycles. The second-order valence-electron chi connectivity index (χ2n) is 5.04. The van der Waals surface area contributed by atoms with E-state index in [1.165, 1.54) is 16.7 Å². The van der Waals surface area contributed by atoms with Crippen LogP contribution < -0.4 is 5.32 Å². The summed E-state index contributed by atoms with van der Waals surface area (Å²) in [6.45, 7) is 7.50. The summed E-state index contributed by atoms with van der Waals surface area (Å²) in [5.41, 5.74) is 3.93. The number of hydrogen-bond acceptors (Lipinski definition) is 2.